The highest BCUT2D eigenvalue weighted by atomic mass is 16.5. The molecule has 0 N–H and O–H groups in total. The largest absolute Gasteiger partial charge is 0.494 e. The van der Waals surface area contributed by atoms with E-state index in [0.29, 0.717) is 23.9 Å². The summed E-state index contributed by atoms with van der Waals surface area (Å²) >= 11 is 0. The molecule has 0 fully saturated rings. The predicted octanol–water partition coefficient (Wildman–Crippen LogP) is 7.39. The summed E-state index contributed by atoms with van der Waals surface area (Å²) < 4.78 is 11.2. The maximum Gasteiger partial charge on any atom is 0.311 e. The molecule has 0 saturated heterocycles. The van der Waals surface area contributed by atoms with Crippen LogP contribution in [0.1, 0.15) is 91.4 Å². The maximum atomic E-state index is 12.0. The second-order valence-corrected chi connectivity index (χ2v) is 8.62. The number of benzene rings is 1. The fourth-order valence-corrected chi connectivity index (χ4v) is 3.45. The van der Waals surface area contributed by atoms with E-state index < -0.39 is 0 Å². The quantitative estimate of drug-likeness (QED) is 0.201. The van der Waals surface area contributed by atoms with E-state index in [1.54, 1.807) is 12.4 Å². The van der Waals surface area contributed by atoms with Crippen LogP contribution in [0, 0.1) is 5.92 Å². The first kappa shape index (κ1) is 25.8. The predicted molar refractivity (Wildman–Crippen MR) is 130 cm³/mol. The first-order chi connectivity index (χ1) is 15.6. The molecule has 2 aromatic rings. The molecular weight excluding hydrogens is 400 g/mol. The van der Waals surface area contributed by atoms with Crippen molar-refractivity contribution in [2.75, 3.05) is 6.61 Å². The van der Waals surface area contributed by atoms with Gasteiger partial charge in [0, 0.05) is 12.0 Å². The third kappa shape index (κ3) is 10.3. The van der Waals surface area contributed by atoms with Gasteiger partial charge in [-0.15, -0.1) is 0 Å². The Morgan fingerprint density at radius 2 is 1.53 bits per heavy atom. The van der Waals surface area contributed by atoms with Crippen LogP contribution in [0.2, 0.25) is 0 Å². The molecule has 0 aliphatic heterocycles. The van der Waals surface area contributed by atoms with Crippen LogP contribution in [-0.4, -0.2) is 22.5 Å². The molecule has 176 valence electrons. The van der Waals surface area contributed by atoms with Crippen molar-refractivity contribution in [2.45, 2.75) is 91.4 Å². The summed E-state index contributed by atoms with van der Waals surface area (Å²) in [6.45, 7) is 7.36. The smallest absolute Gasteiger partial charge is 0.311 e. The minimum Gasteiger partial charge on any atom is -0.494 e. The van der Waals surface area contributed by atoms with E-state index in [2.05, 4.69) is 30.7 Å². The van der Waals surface area contributed by atoms with Crippen molar-refractivity contribution in [3.63, 3.8) is 0 Å². The molecular formula is C27H40N2O3. The van der Waals surface area contributed by atoms with E-state index in [-0.39, 0.29) is 5.97 Å². The van der Waals surface area contributed by atoms with E-state index in [1.807, 2.05) is 24.3 Å². The van der Waals surface area contributed by atoms with Crippen molar-refractivity contribution in [3.8, 4) is 22.9 Å². The molecule has 0 aliphatic carbocycles. The van der Waals surface area contributed by atoms with E-state index in [9.17, 15) is 4.79 Å². The summed E-state index contributed by atoms with van der Waals surface area (Å²) in [6, 6.07) is 7.81. The summed E-state index contributed by atoms with van der Waals surface area (Å²) in [4.78, 5) is 20.7. The van der Waals surface area contributed by atoms with Gasteiger partial charge >= 0.3 is 5.97 Å². The van der Waals surface area contributed by atoms with Crippen molar-refractivity contribution in [1.82, 2.24) is 9.97 Å². The Bertz CT molecular complexity index is 759. The summed E-state index contributed by atoms with van der Waals surface area (Å²) in [6.07, 6.45) is 15.5. The lowest BCUT2D eigenvalue weighted by Crippen LogP contribution is -2.09. The Labute approximate surface area is 194 Å². The van der Waals surface area contributed by atoms with E-state index in [0.717, 1.165) is 43.6 Å². The third-order valence-electron chi connectivity index (χ3n) is 5.76. The Balaban J connectivity index is 1.70. The zero-order chi connectivity index (χ0) is 23.0. The molecule has 1 aromatic carbocycles. The molecule has 0 amide bonds. The van der Waals surface area contributed by atoms with Crippen LogP contribution in [0.25, 0.3) is 11.4 Å². The van der Waals surface area contributed by atoms with Crippen LogP contribution in [0.4, 0.5) is 0 Å². The number of rotatable bonds is 16. The van der Waals surface area contributed by atoms with Gasteiger partial charge in [-0.25, -0.2) is 9.97 Å². The van der Waals surface area contributed by atoms with Gasteiger partial charge in [-0.1, -0.05) is 72.1 Å². The number of ether oxygens (including phenoxy) is 2. The Morgan fingerprint density at radius 1 is 0.875 bits per heavy atom. The molecule has 0 aliphatic rings. The van der Waals surface area contributed by atoms with Crippen LogP contribution in [0.5, 0.6) is 11.5 Å². The topological polar surface area (TPSA) is 61.3 Å². The first-order valence-electron chi connectivity index (χ1n) is 12.4. The molecule has 0 saturated carbocycles. The van der Waals surface area contributed by atoms with Gasteiger partial charge in [-0.05, 0) is 43.0 Å². The molecule has 32 heavy (non-hydrogen) atoms. The van der Waals surface area contributed by atoms with E-state index >= 15 is 0 Å². The van der Waals surface area contributed by atoms with Crippen molar-refractivity contribution >= 4 is 5.97 Å². The number of aromatic nitrogens is 2. The van der Waals surface area contributed by atoms with E-state index in [4.69, 9.17) is 9.47 Å². The molecule has 1 atom stereocenters. The van der Waals surface area contributed by atoms with Gasteiger partial charge < -0.3 is 9.47 Å². The van der Waals surface area contributed by atoms with Gasteiger partial charge in [0.05, 0.1) is 19.0 Å². The SMILES string of the molecule is CCCCCCCCCOc1ccc(-c2ncc(OC(=O)CCCC(C)CC)cn2)cc1. The van der Waals surface area contributed by atoms with Gasteiger partial charge in [0.1, 0.15) is 5.75 Å². The maximum absolute atomic E-state index is 12.0. The highest BCUT2D eigenvalue weighted by Crippen LogP contribution is 2.21. The molecule has 1 heterocycles. The van der Waals surface area contributed by atoms with Gasteiger partial charge in [0.2, 0.25) is 0 Å². The fourth-order valence-electron chi connectivity index (χ4n) is 3.45. The lowest BCUT2D eigenvalue weighted by atomic mass is 10.0. The Hall–Kier alpha value is -2.43. The molecule has 0 radical (unpaired) electrons. The highest BCUT2D eigenvalue weighted by Gasteiger charge is 2.08. The number of carbonyl (C=O) groups is 1. The third-order valence-corrected chi connectivity index (χ3v) is 5.76. The zero-order valence-electron chi connectivity index (χ0n) is 20.1. The van der Waals surface area contributed by atoms with Gasteiger partial charge in [0.25, 0.3) is 0 Å². The monoisotopic (exact) mass is 440 g/mol. The number of esters is 1. The number of unbranched alkanes of at least 4 members (excludes halogenated alkanes) is 6. The van der Waals surface area contributed by atoms with Crippen molar-refractivity contribution in [2.24, 2.45) is 5.92 Å². The Morgan fingerprint density at radius 3 is 2.19 bits per heavy atom. The van der Waals surface area contributed by atoms with Crippen LogP contribution in [0.3, 0.4) is 0 Å². The molecule has 1 unspecified atom stereocenters. The number of nitrogens with zero attached hydrogens (tertiary/aromatic N) is 2. The molecule has 5 nitrogen and oxygen atoms in total. The lowest BCUT2D eigenvalue weighted by Gasteiger charge is -2.08. The summed E-state index contributed by atoms with van der Waals surface area (Å²) in [5.41, 5.74) is 0.903. The molecule has 0 bridgehead atoms. The number of carbonyl (C=O) groups excluding carboxylic acids is 1. The summed E-state index contributed by atoms with van der Waals surface area (Å²) in [5.74, 6) is 2.26. The van der Waals surface area contributed by atoms with Crippen LogP contribution < -0.4 is 9.47 Å². The lowest BCUT2D eigenvalue weighted by molar-refractivity contribution is -0.134. The van der Waals surface area contributed by atoms with Gasteiger partial charge in [-0.2, -0.15) is 0 Å². The van der Waals surface area contributed by atoms with Gasteiger partial charge in [0.15, 0.2) is 11.6 Å². The average molecular weight is 441 g/mol. The number of hydrogen-bond acceptors (Lipinski definition) is 5. The average Bonchev–Trinajstić information content (AvgIpc) is 2.81. The van der Waals surface area contributed by atoms with Crippen LogP contribution in [-0.2, 0) is 4.79 Å². The van der Waals surface area contributed by atoms with Crippen LogP contribution >= 0.6 is 0 Å². The molecule has 1 aromatic heterocycles. The van der Waals surface area contributed by atoms with E-state index in [1.165, 1.54) is 38.5 Å². The minimum atomic E-state index is -0.230. The van der Waals surface area contributed by atoms with Crippen molar-refractivity contribution < 1.29 is 14.3 Å². The summed E-state index contributed by atoms with van der Waals surface area (Å²) in [5, 5.41) is 0. The normalized spacial score (nSPS) is 11.8. The van der Waals surface area contributed by atoms with Crippen molar-refractivity contribution in [3.05, 3.63) is 36.7 Å². The molecule has 0 spiro atoms. The fraction of sp³-hybridized carbons (Fsp3) is 0.593. The number of hydrogen-bond donors (Lipinski definition) is 0. The molecule has 5 heteroatoms. The second-order valence-electron chi connectivity index (χ2n) is 8.62. The first-order valence-corrected chi connectivity index (χ1v) is 12.4. The van der Waals surface area contributed by atoms with Crippen LogP contribution in [0.15, 0.2) is 36.7 Å². The zero-order valence-corrected chi connectivity index (χ0v) is 20.1. The summed E-state index contributed by atoms with van der Waals surface area (Å²) in [7, 11) is 0. The highest BCUT2D eigenvalue weighted by molar-refractivity contribution is 5.72. The standard InChI is InChI=1S/C27H40N2O3/c1-4-6-7-8-9-10-11-19-31-24-17-15-23(16-18-24)27-28-20-25(21-29-27)32-26(30)14-12-13-22(3)5-2/h15-18,20-22H,4-14,19H2,1-3H3. The Kier molecular flexibility index (Phi) is 12.4. The van der Waals surface area contributed by atoms with Crippen molar-refractivity contribution in [1.29, 1.82) is 0 Å². The van der Waals surface area contributed by atoms with Gasteiger partial charge in [-0.3, -0.25) is 4.79 Å². The second kappa shape index (κ2) is 15.4. The molecule has 2 rings (SSSR count). The minimum absolute atomic E-state index is 0.230.